The molecule has 6 heteroatoms. The maximum Gasteiger partial charge on any atom is 0.244 e. The van der Waals surface area contributed by atoms with Crippen molar-refractivity contribution in [1.29, 1.82) is 0 Å². The van der Waals surface area contributed by atoms with Crippen molar-refractivity contribution in [3.63, 3.8) is 0 Å². The average molecular weight is 347 g/mol. The second kappa shape index (κ2) is 5.16. The maximum absolute atomic E-state index is 12.7. The Hall–Kier alpha value is -0.430. The van der Waals surface area contributed by atoms with Gasteiger partial charge in [-0.1, -0.05) is 19.1 Å². The van der Waals surface area contributed by atoms with Gasteiger partial charge in [0.1, 0.15) is 0 Å². The molecule has 1 atom stereocenters. The van der Waals surface area contributed by atoms with Gasteiger partial charge in [-0.3, -0.25) is 0 Å². The molecule has 1 aromatic carbocycles. The molecule has 1 fully saturated rings. The van der Waals surface area contributed by atoms with Crippen LogP contribution in [0.3, 0.4) is 0 Å². The second-order valence-electron chi connectivity index (χ2n) is 5.49. The molecule has 0 saturated carbocycles. The van der Waals surface area contributed by atoms with Gasteiger partial charge in [-0.25, -0.2) is 8.42 Å². The van der Waals surface area contributed by atoms with Crippen LogP contribution in [-0.4, -0.2) is 32.4 Å². The van der Waals surface area contributed by atoms with Gasteiger partial charge in [0.05, 0.1) is 4.90 Å². The summed E-state index contributed by atoms with van der Waals surface area (Å²) in [6, 6.07) is 5.30. The number of sulfonamides is 1. The van der Waals surface area contributed by atoms with Crippen LogP contribution >= 0.6 is 15.9 Å². The topological polar surface area (TPSA) is 63.4 Å². The monoisotopic (exact) mass is 346 g/mol. The number of nitrogens with two attached hydrogens (primary N) is 1. The van der Waals surface area contributed by atoms with E-state index in [1.54, 1.807) is 16.4 Å². The molecule has 0 aromatic heterocycles. The Morgan fingerprint density at radius 2 is 2.16 bits per heavy atom. The molecular weight excluding hydrogens is 328 g/mol. The standard InChI is InChI=1S/C13H19BrN2O2S/c1-10-4-3-5-11(12(10)14)19(17,18)16-7-6-13(2,8-15)9-16/h3-5H,6-9,15H2,1-2H3. The summed E-state index contributed by atoms with van der Waals surface area (Å²) in [6.45, 7) is 5.46. The van der Waals surface area contributed by atoms with Crippen LogP contribution in [0.25, 0.3) is 0 Å². The first kappa shape index (κ1) is 15.0. The molecule has 0 aliphatic carbocycles. The van der Waals surface area contributed by atoms with Crippen molar-refractivity contribution < 1.29 is 8.42 Å². The summed E-state index contributed by atoms with van der Waals surface area (Å²) >= 11 is 3.38. The van der Waals surface area contributed by atoms with Crippen LogP contribution in [0.15, 0.2) is 27.6 Å². The van der Waals surface area contributed by atoms with Gasteiger partial charge in [-0.15, -0.1) is 0 Å². The van der Waals surface area contributed by atoms with E-state index < -0.39 is 10.0 Å². The summed E-state index contributed by atoms with van der Waals surface area (Å²) in [7, 11) is -3.44. The van der Waals surface area contributed by atoms with Gasteiger partial charge in [0.25, 0.3) is 0 Å². The second-order valence-corrected chi connectivity index (χ2v) is 8.19. The van der Waals surface area contributed by atoms with Crippen LogP contribution in [0.1, 0.15) is 18.9 Å². The Morgan fingerprint density at radius 1 is 1.47 bits per heavy atom. The van der Waals surface area contributed by atoms with Crippen LogP contribution in [0.2, 0.25) is 0 Å². The van der Waals surface area contributed by atoms with Crippen LogP contribution in [-0.2, 0) is 10.0 Å². The Bertz CT molecular complexity index is 588. The number of hydrogen-bond donors (Lipinski definition) is 1. The fraction of sp³-hybridized carbons (Fsp3) is 0.538. The van der Waals surface area contributed by atoms with Crippen molar-refractivity contribution in [2.75, 3.05) is 19.6 Å². The van der Waals surface area contributed by atoms with Gasteiger partial charge in [-0.2, -0.15) is 4.31 Å². The lowest BCUT2D eigenvalue weighted by Gasteiger charge is -2.23. The van der Waals surface area contributed by atoms with Crippen molar-refractivity contribution >= 4 is 26.0 Å². The van der Waals surface area contributed by atoms with E-state index in [2.05, 4.69) is 15.9 Å². The van der Waals surface area contributed by atoms with E-state index in [9.17, 15) is 8.42 Å². The van der Waals surface area contributed by atoms with Gasteiger partial charge in [0.2, 0.25) is 10.0 Å². The van der Waals surface area contributed by atoms with E-state index in [4.69, 9.17) is 5.73 Å². The number of nitrogens with zero attached hydrogens (tertiary/aromatic N) is 1. The molecule has 0 radical (unpaired) electrons. The summed E-state index contributed by atoms with van der Waals surface area (Å²) in [4.78, 5) is 0.341. The Labute approximate surface area is 123 Å². The van der Waals surface area contributed by atoms with Crippen molar-refractivity contribution in [2.24, 2.45) is 11.1 Å². The van der Waals surface area contributed by atoms with Crippen LogP contribution in [0.5, 0.6) is 0 Å². The highest BCUT2D eigenvalue weighted by molar-refractivity contribution is 9.10. The Morgan fingerprint density at radius 3 is 2.74 bits per heavy atom. The maximum atomic E-state index is 12.7. The van der Waals surface area contributed by atoms with E-state index in [0.29, 0.717) is 29.0 Å². The van der Waals surface area contributed by atoms with Gasteiger partial charge >= 0.3 is 0 Å². The van der Waals surface area contributed by atoms with E-state index in [1.165, 1.54) is 0 Å². The largest absolute Gasteiger partial charge is 0.330 e. The number of aryl methyl sites for hydroxylation is 1. The predicted octanol–water partition coefficient (Wildman–Crippen LogP) is 2.12. The summed E-state index contributed by atoms with van der Waals surface area (Å²) in [5.41, 5.74) is 6.55. The minimum atomic E-state index is -3.44. The normalized spacial score (nSPS) is 24.8. The van der Waals surface area contributed by atoms with Gasteiger partial charge in [0.15, 0.2) is 0 Å². The van der Waals surface area contributed by atoms with Crippen molar-refractivity contribution in [1.82, 2.24) is 4.31 Å². The zero-order chi connectivity index (χ0) is 14.3. The third-order valence-corrected chi connectivity index (χ3v) is 6.99. The summed E-state index contributed by atoms with van der Waals surface area (Å²) in [5.74, 6) is 0. The predicted molar refractivity (Wildman–Crippen MR) is 79.4 cm³/mol. The lowest BCUT2D eigenvalue weighted by atomic mass is 9.90. The minimum Gasteiger partial charge on any atom is -0.330 e. The molecule has 1 aromatic rings. The molecule has 1 unspecified atom stereocenters. The van der Waals surface area contributed by atoms with E-state index in [0.717, 1.165) is 12.0 Å². The zero-order valence-electron chi connectivity index (χ0n) is 11.2. The molecule has 0 bridgehead atoms. The molecule has 0 spiro atoms. The molecule has 2 rings (SSSR count). The molecular formula is C13H19BrN2O2S. The fourth-order valence-electron chi connectivity index (χ4n) is 2.31. The third-order valence-electron chi connectivity index (χ3n) is 3.79. The first-order valence-electron chi connectivity index (χ1n) is 6.25. The lowest BCUT2D eigenvalue weighted by molar-refractivity contribution is 0.349. The van der Waals surface area contributed by atoms with Crippen molar-refractivity contribution in [3.8, 4) is 0 Å². The first-order chi connectivity index (χ1) is 8.80. The van der Waals surface area contributed by atoms with Crippen LogP contribution < -0.4 is 5.73 Å². The SMILES string of the molecule is Cc1cccc(S(=O)(=O)N2CCC(C)(CN)C2)c1Br. The quantitative estimate of drug-likeness (QED) is 0.911. The summed E-state index contributed by atoms with van der Waals surface area (Å²) in [5, 5.41) is 0. The summed E-state index contributed by atoms with van der Waals surface area (Å²) in [6.07, 6.45) is 0.812. The number of halogens is 1. The molecule has 1 aliphatic rings. The Balaban J connectivity index is 2.37. The molecule has 19 heavy (non-hydrogen) atoms. The van der Waals surface area contributed by atoms with Gasteiger partial charge in [-0.05, 0) is 52.9 Å². The molecule has 1 saturated heterocycles. The van der Waals surface area contributed by atoms with E-state index in [-0.39, 0.29) is 5.41 Å². The van der Waals surface area contributed by atoms with Crippen LogP contribution in [0, 0.1) is 12.3 Å². The third kappa shape index (κ3) is 2.72. The molecule has 1 heterocycles. The van der Waals surface area contributed by atoms with E-state index in [1.807, 2.05) is 19.9 Å². The molecule has 4 nitrogen and oxygen atoms in total. The lowest BCUT2D eigenvalue weighted by Crippen LogP contribution is -2.34. The highest BCUT2D eigenvalue weighted by Gasteiger charge is 2.39. The number of rotatable bonds is 3. The zero-order valence-corrected chi connectivity index (χ0v) is 13.6. The summed E-state index contributed by atoms with van der Waals surface area (Å²) < 4.78 is 27.5. The average Bonchev–Trinajstić information content (AvgIpc) is 2.77. The van der Waals surface area contributed by atoms with Crippen LogP contribution in [0.4, 0.5) is 0 Å². The van der Waals surface area contributed by atoms with Gasteiger partial charge in [0, 0.05) is 17.6 Å². The molecule has 0 amide bonds. The molecule has 2 N–H and O–H groups in total. The Kier molecular flexibility index (Phi) is 4.07. The smallest absolute Gasteiger partial charge is 0.244 e. The molecule has 106 valence electrons. The number of benzene rings is 1. The highest BCUT2D eigenvalue weighted by atomic mass is 79.9. The highest BCUT2D eigenvalue weighted by Crippen LogP contribution is 2.35. The first-order valence-corrected chi connectivity index (χ1v) is 8.49. The number of hydrogen-bond acceptors (Lipinski definition) is 3. The fourth-order valence-corrected chi connectivity index (χ4v) is 4.92. The van der Waals surface area contributed by atoms with Crippen molar-refractivity contribution in [3.05, 3.63) is 28.2 Å². The van der Waals surface area contributed by atoms with E-state index >= 15 is 0 Å². The van der Waals surface area contributed by atoms with Gasteiger partial charge < -0.3 is 5.73 Å². The van der Waals surface area contributed by atoms with Crippen molar-refractivity contribution in [2.45, 2.75) is 25.2 Å². The minimum absolute atomic E-state index is 0.108. The molecule has 1 aliphatic heterocycles.